The predicted molar refractivity (Wildman–Crippen MR) is 76.6 cm³/mol. The molecule has 0 aromatic carbocycles. The number of halogens is 2. The molecule has 0 aliphatic heterocycles. The molecular formula is C10H11F2N3O2S3. The zero-order valence-corrected chi connectivity index (χ0v) is 12.7. The van der Waals surface area contributed by atoms with Crippen LogP contribution in [-0.4, -0.2) is 19.2 Å². The lowest BCUT2D eigenvalue weighted by atomic mass is 10.3. The van der Waals surface area contributed by atoms with Crippen LogP contribution in [0.3, 0.4) is 0 Å². The van der Waals surface area contributed by atoms with Crippen molar-refractivity contribution in [1.29, 1.82) is 0 Å². The van der Waals surface area contributed by atoms with Crippen molar-refractivity contribution >= 4 is 37.8 Å². The Morgan fingerprint density at radius 3 is 2.65 bits per heavy atom. The smallest absolute Gasteiger partial charge is 0.326 e. The van der Waals surface area contributed by atoms with Crippen LogP contribution in [0.15, 0.2) is 12.1 Å². The third-order valence-corrected chi connectivity index (χ3v) is 5.43. The highest BCUT2D eigenvalue weighted by atomic mass is 32.2. The maximum absolute atomic E-state index is 12.3. The number of alkyl halides is 2. The number of nitrogens with two attached hydrogens (primary N) is 1. The summed E-state index contributed by atoms with van der Waals surface area (Å²) in [5.41, 5.74) is 6.09. The van der Waals surface area contributed by atoms with Gasteiger partial charge in [-0.3, -0.25) is 4.72 Å². The SMILES string of the molecule is Cc1sc(NS(=O)(=O)C(F)F)nc1-c1ccc(CN)s1. The largest absolute Gasteiger partial charge is 0.355 e. The van der Waals surface area contributed by atoms with Crippen LogP contribution in [0.2, 0.25) is 0 Å². The molecule has 20 heavy (non-hydrogen) atoms. The van der Waals surface area contributed by atoms with Crippen molar-refractivity contribution in [3.63, 3.8) is 0 Å². The lowest BCUT2D eigenvalue weighted by molar-refractivity contribution is 0.236. The number of nitrogens with zero attached hydrogens (tertiary/aromatic N) is 1. The molecule has 110 valence electrons. The van der Waals surface area contributed by atoms with Gasteiger partial charge in [0.2, 0.25) is 0 Å². The predicted octanol–water partition coefficient (Wildman–Crippen LogP) is 2.60. The Morgan fingerprint density at radius 1 is 1.40 bits per heavy atom. The highest BCUT2D eigenvalue weighted by Crippen LogP contribution is 2.35. The average Bonchev–Trinajstić information content (AvgIpc) is 2.94. The number of sulfonamides is 1. The Balaban J connectivity index is 2.30. The van der Waals surface area contributed by atoms with Gasteiger partial charge in [0.15, 0.2) is 5.13 Å². The fraction of sp³-hybridized carbons (Fsp3) is 0.300. The van der Waals surface area contributed by atoms with E-state index in [0.717, 1.165) is 26.0 Å². The fourth-order valence-electron chi connectivity index (χ4n) is 1.45. The van der Waals surface area contributed by atoms with Gasteiger partial charge in [-0.1, -0.05) is 0 Å². The van der Waals surface area contributed by atoms with E-state index in [0.29, 0.717) is 12.2 Å². The van der Waals surface area contributed by atoms with E-state index in [1.807, 2.05) is 12.1 Å². The molecule has 10 heteroatoms. The number of nitrogens with one attached hydrogen (secondary N) is 1. The standard InChI is InChI=1S/C10H11F2N3O2S3/c1-5-8(7-3-2-6(4-13)19-7)14-10(18-5)15-20(16,17)9(11)12/h2-3,9H,4,13H2,1H3,(H,14,15). The third-order valence-electron chi connectivity index (χ3n) is 2.36. The number of aryl methyl sites for hydroxylation is 1. The van der Waals surface area contributed by atoms with E-state index in [9.17, 15) is 17.2 Å². The van der Waals surface area contributed by atoms with Crippen molar-refractivity contribution in [2.24, 2.45) is 5.73 Å². The average molecular weight is 339 g/mol. The van der Waals surface area contributed by atoms with Crippen LogP contribution in [-0.2, 0) is 16.6 Å². The number of thiophene rings is 1. The summed E-state index contributed by atoms with van der Waals surface area (Å²) in [4.78, 5) is 6.58. The second kappa shape index (κ2) is 5.72. The highest BCUT2D eigenvalue weighted by molar-refractivity contribution is 7.93. The topological polar surface area (TPSA) is 85.1 Å². The van der Waals surface area contributed by atoms with Crippen LogP contribution in [0.1, 0.15) is 9.75 Å². The van der Waals surface area contributed by atoms with E-state index in [-0.39, 0.29) is 5.13 Å². The van der Waals surface area contributed by atoms with Gasteiger partial charge in [0.1, 0.15) is 0 Å². The van der Waals surface area contributed by atoms with Gasteiger partial charge < -0.3 is 5.73 Å². The van der Waals surface area contributed by atoms with Crippen LogP contribution in [0, 0.1) is 6.92 Å². The molecule has 0 aliphatic rings. The first-order valence-electron chi connectivity index (χ1n) is 5.40. The normalized spacial score (nSPS) is 12.1. The summed E-state index contributed by atoms with van der Waals surface area (Å²) in [5.74, 6) is -3.49. The van der Waals surface area contributed by atoms with E-state index in [2.05, 4.69) is 4.98 Å². The molecule has 0 aliphatic carbocycles. The summed E-state index contributed by atoms with van der Waals surface area (Å²) < 4.78 is 48.6. The number of rotatable bonds is 5. The van der Waals surface area contributed by atoms with Crippen LogP contribution < -0.4 is 10.5 Å². The molecular weight excluding hydrogens is 328 g/mol. The quantitative estimate of drug-likeness (QED) is 0.877. The van der Waals surface area contributed by atoms with Crippen LogP contribution in [0.25, 0.3) is 10.6 Å². The fourth-order valence-corrected chi connectivity index (χ4v) is 4.02. The summed E-state index contributed by atoms with van der Waals surface area (Å²) in [6.45, 7) is 2.15. The summed E-state index contributed by atoms with van der Waals surface area (Å²) in [7, 11) is -4.69. The van der Waals surface area contributed by atoms with Gasteiger partial charge in [-0.15, -0.1) is 22.7 Å². The van der Waals surface area contributed by atoms with E-state index in [1.165, 1.54) is 11.3 Å². The molecule has 5 nitrogen and oxygen atoms in total. The molecule has 2 rings (SSSR count). The highest BCUT2D eigenvalue weighted by Gasteiger charge is 2.25. The maximum Gasteiger partial charge on any atom is 0.355 e. The van der Waals surface area contributed by atoms with E-state index >= 15 is 0 Å². The summed E-state index contributed by atoms with van der Waals surface area (Å²) in [5, 5.41) is -0.0690. The second-order valence-electron chi connectivity index (χ2n) is 3.80. The van der Waals surface area contributed by atoms with Crippen molar-refractivity contribution in [2.75, 3.05) is 4.72 Å². The molecule has 0 amide bonds. The minimum absolute atomic E-state index is 0.0690. The molecule has 0 bridgehead atoms. The Morgan fingerprint density at radius 2 is 2.10 bits per heavy atom. The van der Waals surface area contributed by atoms with Crippen molar-refractivity contribution in [1.82, 2.24) is 4.98 Å². The summed E-state index contributed by atoms with van der Waals surface area (Å²) in [6, 6.07) is 3.67. The van der Waals surface area contributed by atoms with Crippen molar-refractivity contribution in [3.05, 3.63) is 21.9 Å². The summed E-state index contributed by atoms with van der Waals surface area (Å²) in [6.07, 6.45) is 0. The van der Waals surface area contributed by atoms with Crippen LogP contribution >= 0.6 is 22.7 Å². The van der Waals surface area contributed by atoms with Crippen LogP contribution in [0.4, 0.5) is 13.9 Å². The van der Waals surface area contributed by atoms with E-state index in [4.69, 9.17) is 5.73 Å². The Bertz CT molecular complexity index is 709. The van der Waals surface area contributed by atoms with Gasteiger partial charge in [-0.25, -0.2) is 13.4 Å². The van der Waals surface area contributed by atoms with Gasteiger partial charge in [-0.2, -0.15) is 8.78 Å². The van der Waals surface area contributed by atoms with Crippen molar-refractivity contribution in [3.8, 4) is 10.6 Å². The second-order valence-corrected chi connectivity index (χ2v) is 7.82. The number of thiazole rings is 1. The first-order chi connectivity index (χ1) is 9.33. The van der Waals surface area contributed by atoms with Gasteiger partial charge in [0.25, 0.3) is 10.0 Å². The number of anilines is 1. The van der Waals surface area contributed by atoms with E-state index < -0.39 is 15.8 Å². The first kappa shape index (κ1) is 15.3. The minimum atomic E-state index is -4.69. The zero-order valence-electron chi connectivity index (χ0n) is 10.3. The molecule has 0 atom stereocenters. The number of aromatic nitrogens is 1. The number of hydrogen-bond donors (Lipinski definition) is 2. The lowest BCUT2D eigenvalue weighted by Crippen LogP contribution is -2.20. The van der Waals surface area contributed by atoms with Gasteiger partial charge >= 0.3 is 5.76 Å². The minimum Gasteiger partial charge on any atom is -0.326 e. The molecule has 0 saturated carbocycles. The Hall–Kier alpha value is -1.10. The molecule has 2 aromatic rings. The van der Waals surface area contributed by atoms with Gasteiger partial charge in [0.05, 0.1) is 10.6 Å². The molecule has 0 spiro atoms. The Labute approximate surface area is 122 Å². The van der Waals surface area contributed by atoms with Gasteiger partial charge in [-0.05, 0) is 19.1 Å². The monoisotopic (exact) mass is 339 g/mol. The molecule has 0 radical (unpaired) electrons. The zero-order chi connectivity index (χ0) is 14.9. The molecule has 0 unspecified atom stereocenters. The van der Waals surface area contributed by atoms with Crippen LogP contribution in [0.5, 0.6) is 0 Å². The van der Waals surface area contributed by atoms with Crippen molar-refractivity contribution < 1.29 is 17.2 Å². The lowest BCUT2D eigenvalue weighted by Gasteiger charge is -2.02. The third kappa shape index (κ3) is 3.14. The Kier molecular flexibility index (Phi) is 4.37. The molecule has 2 aromatic heterocycles. The summed E-state index contributed by atoms with van der Waals surface area (Å²) >= 11 is 2.44. The molecule has 2 heterocycles. The van der Waals surface area contributed by atoms with E-state index in [1.54, 1.807) is 11.6 Å². The molecule has 0 saturated heterocycles. The molecule has 0 fully saturated rings. The van der Waals surface area contributed by atoms with Crippen molar-refractivity contribution in [2.45, 2.75) is 19.2 Å². The first-order valence-corrected chi connectivity index (χ1v) is 8.58. The maximum atomic E-state index is 12.3. The van der Waals surface area contributed by atoms with Gasteiger partial charge in [0, 0.05) is 16.3 Å². The number of hydrogen-bond acceptors (Lipinski definition) is 6. The molecule has 3 N–H and O–H groups in total.